The fraction of sp³-hybridized carbons (Fsp3) is 0.450. The van der Waals surface area contributed by atoms with E-state index in [1.165, 1.54) is 0 Å². The van der Waals surface area contributed by atoms with Crippen LogP contribution in [-0.2, 0) is 0 Å². The first-order valence-corrected chi connectivity index (χ1v) is 9.07. The SMILES string of the molecule is C=CNC(=NCC)c1cccc(C(N)=N/C=C\C)n1.CC.CC.CC. The molecule has 0 saturated heterocycles. The summed E-state index contributed by atoms with van der Waals surface area (Å²) in [5, 5.41) is 2.97. The van der Waals surface area contributed by atoms with Crippen molar-refractivity contribution in [3.8, 4) is 0 Å². The number of nitrogens with one attached hydrogen (secondary N) is 1. The molecule has 0 aromatic carbocycles. The van der Waals surface area contributed by atoms with Gasteiger partial charge in [-0.3, -0.25) is 4.99 Å². The first-order chi connectivity index (χ1) is 12.2. The van der Waals surface area contributed by atoms with E-state index in [1.54, 1.807) is 18.5 Å². The first-order valence-electron chi connectivity index (χ1n) is 9.07. The molecule has 1 heterocycles. The van der Waals surface area contributed by atoms with Gasteiger partial charge < -0.3 is 11.1 Å². The maximum Gasteiger partial charge on any atom is 0.151 e. The van der Waals surface area contributed by atoms with Crippen molar-refractivity contribution in [2.45, 2.75) is 55.4 Å². The van der Waals surface area contributed by atoms with Gasteiger partial charge in [0.1, 0.15) is 17.2 Å². The average molecular weight is 348 g/mol. The highest BCUT2D eigenvalue weighted by molar-refractivity contribution is 6.00. The number of amidine groups is 2. The fourth-order valence-corrected chi connectivity index (χ4v) is 1.39. The second-order valence-corrected chi connectivity index (χ2v) is 3.58. The van der Waals surface area contributed by atoms with Crippen molar-refractivity contribution >= 4 is 11.7 Å². The summed E-state index contributed by atoms with van der Waals surface area (Å²) in [6.07, 6.45) is 5.01. The van der Waals surface area contributed by atoms with E-state index in [-0.39, 0.29) is 0 Å². The molecule has 3 N–H and O–H groups in total. The van der Waals surface area contributed by atoms with Gasteiger partial charge in [-0.15, -0.1) is 0 Å². The Kier molecular flexibility index (Phi) is 23.7. The number of nitrogens with two attached hydrogens (primary N) is 1. The van der Waals surface area contributed by atoms with Gasteiger partial charge in [-0.2, -0.15) is 0 Å². The van der Waals surface area contributed by atoms with Crippen LogP contribution in [0.25, 0.3) is 0 Å². The summed E-state index contributed by atoms with van der Waals surface area (Å²) in [4.78, 5) is 12.8. The summed E-state index contributed by atoms with van der Waals surface area (Å²) in [5.41, 5.74) is 7.18. The number of hydrogen-bond donors (Lipinski definition) is 2. The molecule has 0 aliphatic rings. The average Bonchev–Trinajstić information content (AvgIpc) is 2.70. The van der Waals surface area contributed by atoms with Gasteiger partial charge in [0.05, 0.1) is 0 Å². The molecular formula is C20H37N5. The summed E-state index contributed by atoms with van der Waals surface area (Å²) in [6.45, 7) is 20.1. The van der Waals surface area contributed by atoms with E-state index in [0.29, 0.717) is 29.6 Å². The minimum Gasteiger partial charge on any atom is -0.382 e. The van der Waals surface area contributed by atoms with Crippen molar-refractivity contribution in [2.75, 3.05) is 6.54 Å². The molecule has 25 heavy (non-hydrogen) atoms. The van der Waals surface area contributed by atoms with Crippen LogP contribution < -0.4 is 11.1 Å². The van der Waals surface area contributed by atoms with Crippen LogP contribution in [0.3, 0.4) is 0 Å². The van der Waals surface area contributed by atoms with Gasteiger partial charge in [0.2, 0.25) is 0 Å². The summed E-state index contributed by atoms with van der Waals surface area (Å²) in [5.74, 6) is 1.03. The Bertz CT molecular complexity index is 517. The van der Waals surface area contributed by atoms with Gasteiger partial charge >= 0.3 is 0 Å². The molecular weight excluding hydrogens is 310 g/mol. The zero-order valence-electron chi connectivity index (χ0n) is 17.3. The molecule has 0 unspecified atom stereocenters. The third-order valence-electron chi connectivity index (χ3n) is 2.17. The molecule has 0 amide bonds. The van der Waals surface area contributed by atoms with Crippen LogP contribution in [0.2, 0.25) is 0 Å². The summed E-state index contributed by atoms with van der Waals surface area (Å²) >= 11 is 0. The quantitative estimate of drug-likeness (QED) is 0.587. The molecule has 0 fully saturated rings. The molecule has 0 aliphatic carbocycles. The van der Waals surface area contributed by atoms with Gasteiger partial charge in [-0.25, -0.2) is 9.98 Å². The molecule has 1 aromatic rings. The molecule has 0 bridgehead atoms. The van der Waals surface area contributed by atoms with Crippen LogP contribution in [0.4, 0.5) is 0 Å². The van der Waals surface area contributed by atoms with Crippen molar-refractivity contribution in [2.24, 2.45) is 15.7 Å². The molecule has 5 nitrogen and oxygen atoms in total. The van der Waals surface area contributed by atoms with Gasteiger partial charge in [-0.1, -0.05) is 60.3 Å². The monoisotopic (exact) mass is 347 g/mol. The Labute approximate surface area is 154 Å². The minimum absolute atomic E-state index is 0.370. The highest BCUT2D eigenvalue weighted by Gasteiger charge is 2.06. The molecule has 0 atom stereocenters. The molecule has 1 aromatic heterocycles. The lowest BCUT2D eigenvalue weighted by molar-refractivity contribution is 1.08. The Balaban J connectivity index is -0.000000725. The van der Waals surface area contributed by atoms with Crippen molar-refractivity contribution in [1.82, 2.24) is 10.3 Å². The van der Waals surface area contributed by atoms with Crippen LogP contribution in [-0.4, -0.2) is 23.2 Å². The second kappa shape index (κ2) is 21.6. The van der Waals surface area contributed by atoms with Crippen molar-refractivity contribution in [1.29, 1.82) is 0 Å². The largest absolute Gasteiger partial charge is 0.382 e. The third kappa shape index (κ3) is 12.6. The first kappa shape index (κ1) is 27.4. The molecule has 5 heteroatoms. The lowest BCUT2D eigenvalue weighted by Crippen LogP contribution is -2.22. The minimum atomic E-state index is 0.370. The Morgan fingerprint density at radius 2 is 1.72 bits per heavy atom. The number of allylic oxidation sites excluding steroid dienone is 1. The van der Waals surface area contributed by atoms with Crippen LogP contribution >= 0.6 is 0 Å². The number of pyridine rings is 1. The van der Waals surface area contributed by atoms with E-state index in [9.17, 15) is 0 Å². The predicted octanol–water partition coefficient (Wildman–Crippen LogP) is 4.90. The number of rotatable bonds is 5. The Morgan fingerprint density at radius 1 is 1.16 bits per heavy atom. The van der Waals surface area contributed by atoms with E-state index < -0.39 is 0 Å². The standard InChI is InChI=1S/C14H19N5.3C2H6/c1-4-10-18-13(15)11-8-7-9-12(19-11)14(16-5-2)17-6-3;3*1-2/h4-5,7-10H,2,6H2,1,3H3,(H2,15,18)(H,16,17);3*1-2H3/b10-4-;;;. The van der Waals surface area contributed by atoms with Gasteiger partial charge in [0, 0.05) is 12.7 Å². The van der Waals surface area contributed by atoms with E-state index in [2.05, 4.69) is 26.9 Å². The molecule has 0 spiro atoms. The van der Waals surface area contributed by atoms with Crippen LogP contribution in [0.15, 0.2) is 53.2 Å². The summed E-state index contributed by atoms with van der Waals surface area (Å²) in [7, 11) is 0. The van der Waals surface area contributed by atoms with Crippen molar-refractivity contribution in [3.63, 3.8) is 0 Å². The number of aliphatic imine (C=N–C) groups is 2. The van der Waals surface area contributed by atoms with Gasteiger partial charge in [0.25, 0.3) is 0 Å². The number of nitrogens with zero attached hydrogens (tertiary/aromatic N) is 3. The molecule has 1 rings (SSSR count). The van der Waals surface area contributed by atoms with Gasteiger partial charge in [0.15, 0.2) is 5.84 Å². The number of hydrogen-bond acceptors (Lipinski definition) is 3. The van der Waals surface area contributed by atoms with E-state index in [0.717, 1.165) is 0 Å². The molecule has 142 valence electrons. The second-order valence-electron chi connectivity index (χ2n) is 3.58. The predicted molar refractivity (Wildman–Crippen MR) is 114 cm³/mol. The zero-order valence-corrected chi connectivity index (χ0v) is 17.3. The fourth-order valence-electron chi connectivity index (χ4n) is 1.39. The lowest BCUT2D eigenvalue weighted by Gasteiger charge is -2.07. The lowest BCUT2D eigenvalue weighted by atomic mass is 10.2. The maximum absolute atomic E-state index is 5.85. The van der Waals surface area contributed by atoms with E-state index in [4.69, 9.17) is 5.73 Å². The smallest absolute Gasteiger partial charge is 0.151 e. The zero-order chi connectivity index (χ0) is 20.1. The topological polar surface area (TPSA) is 75.7 Å². The van der Waals surface area contributed by atoms with Crippen LogP contribution in [0.1, 0.15) is 66.8 Å². The Hall–Kier alpha value is -2.43. The summed E-state index contributed by atoms with van der Waals surface area (Å²) < 4.78 is 0. The van der Waals surface area contributed by atoms with Crippen molar-refractivity contribution in [3.05, 3.63) is 54.6 Å². The Morgan fingerprint density at radius 3 is 2.20 bits per heavy atom. The highest BCUT2D eigenvalue weighted by Crippen LogP contribution is 2.01. The summed E-state index contributed by atoms with van der Waals surface area (Å²) in [6, 6.07) is 5.53. The number of aromatic nitrogens is 1. The van der Waals surface area contributed by atoms with Crippen molar-refractivity contribution < 1.29 is 0 Å². The molecule has 0 saturated carbocycles. The van der Waals surface area contributed by atoms with Crippen LogP contribution in [0.5, 0.6) is 0 Å². The van der Waals surface area contributed by atoms with Gasteiger partial charge in [-0.05, 0) is 32.2 Å². The van der Waals surface area contributed by atoms with E-state index >= 15 is 0 Å². The highest BCUT2D eigenvalue weighted by atomic mass is 15.0. The van der Waals surface area contributed by atoms with E-state index in [1.807, 2.05) is 73.6 Å². The normalized spacial score (nSPS) is 10.4. The molecule has 0 aliphatic heterocycles. The third-order valence-corrected chi connectivity index (χ3v) is 2.17. The molecule has 0 radical (unpaired) electrons. The maximum atomic E-state index is 5.85. The van der Waals surface area contributed by atoms with Crippen LogP contribution in [0, 0.1) is 0 Å².